The van der Waals surface area contributed by atoms with Crippen LogP contribution in [0.1, 0.15) is 22.6 Å². The summed E-state index contributed by atoms with van der Waals surface area (Å²) in [5, 5.41) is 3.51. The Hall–Kier alpha value is -2.33. The summed E-state index contributed by atoms with van der Waals surface area (Å²) in [6, 6.07) is 16.9. The lowest BCUT2D eigenvalue weighted by molar-refractivity contribution is -0.145. The summed E-state index contributed by atoms with van der Waals surface area (Å²) in [6.45, 7) is 3.51. The van der Waals surface area contributed by atoms with E-state index >= 15 is 0 Å². The molecule has 0 amide bonds. The quantitative estimate of drug-likeness (QED) is 0.872. The van der Waals surface area contributed by atoms with E-state index in [0.29, 0.717) is 0 Å². The predicted octanol–water partition coefficient (Wildman–Crippen LogP) is 3.04. The molecule has 2 atom stereocenters. The zero-order valence-electron chi connectivity index (χ0n) is 14.6. The van der Waals surface area contributed by atoms with E-state index < -0.39 is 0 Å². The highest BCUT2D eigenvalue weighted by atomic mass is 16.5. The zero-order chi connectivity index (χ0) is 17.2. The number of methoxy groups -OCH3 is 1. The second-order valence-electron chi connectivity index (χ2n) is 6.97. The van der Waals surface area contributed by atoms with E-state index in [1.807, 2.05) is 18.2 Å². The Morgan fingerprint density at radius 1 is 1.16 bits per heavy atom. The number of carbonyl (C=O) groups is 1. The van der Waals surface area contributed by atoms with Crippen molar-refractivity contribution in [3.63, 3.8) is 0 Å². The van der Waals surface area contributed by atoms with E-state index in [4.69, 9.17) is 4.74 Å². The van der Waals surface area contributed by atoms with Gasteiger partial charge in [0.1, 0.15) is 0 Å². The monoisotopic (exact) mass is 336 g/mol. The smallest absolute Gasteiger partial charge is 0.310 e. The van der Waals surface area contributed by atoms with Crippen molar-refractivity contribution in [2.24, 2.45) is 5.92 Å². The number of benzene rings is 2. The molecule has 0 aliphatic carbocycles. The van der Waals surface area contributed by atoms with Crippen molar-refractivity contribution < 1.29 is 9.53 Å². The van der Waals surface area contributed by atoms with Crippen LogP contribution in [0.5, 0.6) is 0 Å². The Balaban J connectivity index is 1.56. The molecule has 4 heteroatoms. The number of hydrogen-bond acceptors (Lipinski definition) is 4. The van der Waals surface area contributed by atoms with E-state index in [1.165, 1.54) is 29.5 Å². The number of hydrogen-bond donors (Lipinski definition) is 1. The van der Waals surface area contributed by atoms with Gasteiger partial charge < -0.3 is 10.1 Å². The number of esters is 1. The molecule has 0 aromatic heterocycles. The SMILES string of the molecule is COC(=O)[C@@H]1CN(Cc2cccc3c2NCC3)C[C@H]1c1ccccc1. The van der Waals surface area contributed by atoms with Crippen molar-refractivity contribution in [2.75, 3.05) is 32.1 Å². The van der Waals surface area contributed by atoms with Crippen LogP contribution in [0.3, 0.4) is 0 Å². The van der Waals surface area contributed by atoms with Crippen LogP contribution in [0.4, 0.5) is 5.69 Å². The van der Waals surface area contributed by atoms with E-state index in [0.717, 1.165) is 32.6 Å². The number of nitrogens with zero attached hydrogens (tertiary/aromatic N) is 1. The van der Waals surface area contributed by atoms with Gasteiger partial charge in [0.2, 0.25) is 0 Å². The molecule has 0 spiro atoms. The molecule has 4 nitrogen and oxygen atoms in total. The minimum absolute atomic E-state index is 0.0999. The lowest BCUT2D eigenvalue weighted by atomic mass is 9.89. The Bertz CT molecular complexity index is 760. The summed E-state index contributed by atoms with van der Waals surface area (Å²) >= 11 is 0. The summed E-state index contributed by atoms with van der Waals surface area (Å²) in [5.74, 6) is -0.0109. The standard InChI is InChI=1S/C21H24N2O2/c1-25-21(24)19-14-23(13-18(19)15-6-3-2-4-7-15)12-17-9-5-8-16-10-11-22-20(16)17/h2-9,18-19,22H,10-14H2,1H3/t18-,19+/m0/s1. The Kier molecular flexibility index (Phi) is 4.45. The van der Waals surface area contributed by atoms with Crippen LogP contribution < -0.4 is 5.32 Å². The molecular weight excluding hydrogens is 312 g/mol. The predicted molar refractivity (Wildman–Crippen MR) is 98.6 cm³/mol. The lowest BCUT2D eigenvalue weighted by Gasteiger charge is -2.18. The number of fused-ring (bicyclic) bond motifs is 1. The summed E-state index contributed by atoms with van der Waals surface area (Å²) in [7, 11) is 1.49. The number of ether oxygens (including phenoxy) is 1. The highest BCUT2D eigenvalue weighted by molar-refractivity contribution is 5.74. The fraction of sp³-hybridized carbons (Fsp3) is 0.381. The number of para-hydroxylation sites is 1. The largest absolute Gasteiger partial charge is 0.469 e. The minimum Gasteiger partial charge on any atom is -0.469 e. The molecule has 0 radical (unpaired) electrons. The van der Waals surface area contributed by atoms with Crippen molar-refractivity contribution >= 4 is 11.7 Å². The molecule has 0 bridgehead atoms. The zero-order valence-corrected chi connectivity index (χ0v) is 14.6. The average Bonchev–Trinajstić information content (AvgIpc) is 3.29. The van der Waals surface area contributed by atoms with Crippen molar-refractivity contribution in [3.05, 3.63) is 65.2 Å². The van der Waals surface area contributed by atoms with E-state index in [-0.39, 0.29) is 17.8 Å². The van der Waals surface area contributed by atoms with Crippen LogP contribution >= 0.6 is 0 Å². The molecule has 4 rings (SSSR count). The van der Waals surface area contributed by atoms with Gasteiger partial charge in [-0.05, 0) is 23.1 Å². The topological polar surface area (TPSA) is 41.6 Å². The minimum atomic E-state index is -0.104. The molecular formula is C21H24N2O2. The molecule has 2 aliphatic rings. The summed E-state index contributed by atoms with van der Waals surface area (Å²) in [4.78, 5) is 14.7. The second-order valence-corrected chi connectivity index (χ2v) is 6.97. The van der Waals surface area contributed by atoms with Crippen molar-refractivity contribution in [1.29, 1.82) is 0 Å². The van der Waals surface area contributed by atoms with Gasteiger partial charge in [0.05, 0.1) is 13.0 Å². The maximum atomic E-state index is 12.3. The number of nitrogens with one attached hydrogen (secondary N) is 1. The molecule has 0 unspecified atom stereocenters. The highest BCUT2D eigenvalue weighted by Gasteiger charge is 2.39. The van der Waals surface area contributed by atoms with E-state index in [1.54, 1.807) is 0 Å². The number of likely N-dealkylation sites (tertiary alicyclic amines) is 1. The molecule has 2 aromatic carbocycles. The van der Waals surface area contributed by atoms with Gasteiger partial charge in [0.15, 0.2) is 0 Å². The Morgan fingerprint density at radius 3 is 2.80 bits per heavy atom. The summed E-state index contributed by atoms with van der Waals surface area (Å²) in [6.07, 6.45) is 1.10. The van der Waals surface area contributed by atoms with Gasteiger partial charge in [-0.2, -0.15) is 0 Å². The molecule has 25 heavy (non-hydrogen) atoms. The Morgan fingerprint density at radius 2 is 2.00 bits per heavy atom. The molecule has 1 saturated heterocycles. The number of rotatable bonds is 4. The van der Waals surface area contributed by atoms with Crippen molar-refractivity contribution in [3.8, 4) is 0 Å². The fourth-order valence-corrected chi connectivity index (χ4v) is 4.23. The molecule has 2 aromatic rings. The first-order valence-electron chi connectivity index (χ1n) is 8.96. The number of anilines is 1. The normalized spacial score (nSPS) is 22.4. The summed E-state index contributed by atoms with van der Waals surface area (Å²) < 4.78 is 5.08. The molecule has 1 N–H and O–H groups in total. The van der Waals surface area contributed by atoms with E-state index in [2.05, 4.69) is 40.5 Å². The maximum absolute atomic E-state index is 12.3. The van der Waals surface area contributed by atoms with Crippen LogP contribution in [0.25, 0.3) is 0 Å². The molecule has 2 heterocycles. The molecule has 130 valence electrons. The van der Waals surface area contributed by atoms with Gasteiger partial charge in [-0.25, -0.2) is 0 Å². The van der Waals surface area contributed by atoms with Crippen LogP contribution in [-0.2, 0) is 22.5 Å². The van der Waals surface area contributed by atoms with Crippen LogP contribution in [-0.4, -0.2) is 37.6 Å². The molecule has 2 aliphatic heterocycles. The van der Waals surface area contributed by atoms with Gasteiger partial charge in [0.25, 0.3) is 0 Å². The van der Waals surface area contributed by atoms with E-state index in [9.17, 15) is 4.79 Å². The first-order valence-corrected chi connectivity index (χ1v) is 8.96. The van der Waals surface area contributed by atoms with Gasteiger partial charge in [0, 0.05) is 37.8 Å². The van der Waals surface area contributed by atoms with Gasteiger partial charge >= 0.3 is 5.97 Å². The first kappa shape index (κ1) is 16.2. The van der Waals surface area contributed by atoms with Crippen LogP contribution in [0, 0.1) is 5.92 Å². The van der Waals surface area contributed by atoms with Gasteiger partial charge in [-0.3, -0.25) is 9.69 Å². The maximum Gasteiger partial charge on any atom is 0.310 e. The van der Waals surface area contributed by atoms with Crippen LogP contribution in [0.15, 0.2) is 48.5 Å². The first-order chi connectivity index (χ1) is 12.3. The van der Waals surface area contributed by atoms with Crippen molar-refractivity contribution in [1.82, 2.24) is 4.90 Å². The van der Waals surface area contributed by atoms with Crippen molar-refractivity contribution in [2.45, 2.75) is 18.9 Å². The second kappa shape index (κ2) is 6.89. The lowest BCUT2D eigenvalue weighted by Crippen LogP contribution is -2.24. The third kappa shape index (κ3) is 3.14. The third-order valence-corrected chi connectivity index (χ3v) is 5.45. The molecule has 0 saturated carbocycles. The van der Waals surface area contributed by atoms with Crippen LogP contribution in [0.2, 0.25) is 0 Å². The Labute approximate surface area is 148 Å². The highest BCUT2D eigenvalue weighted by Crippen LogP contribution is 2.35. The van der Waals surface area contributed by atoms with Gasteiger partial charge in [-0.15, -0.1) is 0 Å². The van der Waals surface area contributed by atoms with Gasteiger partial charge in [-0.1, -0.05) is 48.5 Å². The summed E-state index contributed by atoms with van der Waals surface area (Å²) in [5.41, 5.74) is 5.24. The average molecular weight is 336 g/mol. The fourth-order valence-electron chi connectivity index (χ4n) is 4.23. The molecule has 1 fully saturated rings. The number of carbonyl (C=O) groups excluding carboxylic acids is 1. The third-order valence-electron chi connectivity index (χ3n) is 5.45.